The lowest BCUT2D eigenvalue weighted by Gasteiger charge is -2.53. The molecule has 0 saturated heterocycles. The molecule has 3 nitrogen and oxygen atoms in total. The molecule has 2 bridgehead atoms. The van der Waals surface area contributed by atoms with Crippen molar-refractivity contribution >= 4 is 5.91 Å². The zero-order valence-electron chi connectivity index (χ0n) is 15.5. The second-order valence-electron chi connectivity index (χ2n) is 9.10. The van der Waals surface area contributed by atoms with Gasteiger partial charge in [0.05, 0.1) is 5.41 Å². The first-order chi connectivity index (χ1) is 11.5. The Morgan fingerprint density at radius 1 is 1.08 bits per heavy atom. The van der Waals surface area contributed by atoms with Crippen LogP contribution in [0.15, 0.2) is 0 Å². The summed E-state index contributed by atoms with van der Waals surface area (Å²) in [7, 11) is 0. The summed E-state index contributed by atoms with van der Waals surface area (Å²) in [5.41, 5.74) is 8.27. The van der Waals surface area contributed by atoms with E-state index in [2.05, 4.69) is 0 Å². The maximum atomic E-state index is 13.4. The third-order valence-corrected chi connectivity index (χ3v) is 6.47. The smallest absolute Gasteiger partial charge is 0.369 e. The Balaban J connectivity index is 0.000000269. The van der Waals surface area contributed by atoms with Gasteiger partial charge in [0.1, 0.15) is 0 Å². The zero-order chi connectivity index (χ0) is 18.9. The Morgan fingerprint density at radius 2 is 1.68 bits per heavy atom. The fourth-order valence-electron chi connectivity index (χ4n) is 5.45. The van der Waals surface area contributed by atoms with Crippen LogP contribution in [0.25, 0.3) is 0 Å². The summed E-state index contributed by atoms with van der Waals surface area (Å²) in [5, 5.41) is 0. The van der Waals surface area contributed by atoms with Gasteiger partial charge >= 0.3 is 6.18 Å². The van der Waals surface area contributed by atoms with Crippen LogP contribution in [0, 0.1) is 22.7 Å². The molecule has 0 aromatic heterocycles. The molecule has 0 radical (unpaired) electrons. The van der Waals surface area contributed by atoms with Crippen LogP contribution in [0.2, 0.25) is 0 Å². The Labute approximate surface area is 149 Å². The molecule has 146 valence electrons. The monoisotopic (exact) mass is 362 g/mol. The van der Waals surface area contributed by atoms with E-state index in [1.807, 2.05) is 6.92 Å². The van der Waals surface area contributed by atoms with Crippen molar-refractivity contribution in [1.82, 2.24) is 0 Å². The summed E-state index contributed by atoms with van der Waals surface area (Å²) in [4.78, 5) is 11.5. The second kappa shape index (κ2) is 7.45. The van der Waals surface area contributed by atoms with E-state index in [1.165, 1.54) is 32.1 Å². The van der Waals surface area contributed by atoms with Gasteiger partial charge in [-0.15, -0.1) is 0 Å². The number of fused-ring (bicyclic) bond motifs is 2. The lowest BCUT2D eigenvalue weighted by atomic mass is 9.52. The number of carbonyl (C=O) groups excluding carboxylic acids is 1. The molecule has 3 saturated carbocycles. The van der Waals surface area contributed by atoms with Gasteiger partial charge in [-0.2, -0.15) is 13.2 Å². The highest BCUT2D eigenvalue weighted by Gasteiger charge is 2.63. The highest BCUT2D eigenvalue weighted by Crippen LogP contribution is 2.62. The highest BCUT2D eigenvalue weighted by molar-refractivity contribution is 5.80. The van der Waals surface area contributed by atoms with E-state index in [0.717, 1.165) is 6.42 Å². The molecule has 3 aliphatic carbocycles. The van der Waals surface area contributed by atoms with E-state index in [4.69, 9.17) is 11.5 Å². The lowest BCUT2D eigenvalue weighted by Crippen LogP contribution is -2.54. The predicted octanol–water partition coefficient (Wildman–Crippen LogP) is 4.53. The number of halogens is 3. The fraction of sp³-hybridized carbons (Fsp3) is 0.947. The molecule has 0 aliphatic heterocycles. The van der Waals surface area contributed by atoms with Crippen molar-refractivity contribution in [2.45, 2.75) is 90.3 Å². The summed E-state index contributed by atoms with van der Waals surface area (Å²) in [6.45, 7) is 3.47. The third-order valence-electron chi connectivity index (χ3n) is 6.47. The average molecular weight is 362 g/mol. The van der Waals surface area contributed by atoms with Gasteiger partial charge in [0.25, 0.3) is 0 Å². The van der Waals surface area contributed by atoms with Crippen LogP contribution in [0.1, 0.15) is 78.1 Å². The largest absolute Gasteiger partial charge is 0.394 e. The van der Waals surface area contributed by atoms with E-state index in [1.54, 1.807) is 6.92 Å². The average Bonchev–Trinajstić information content (AvgIpc) is 2.45. The van der Waals surface area contributed by atoms with E-state index in [-0.39, 0.29) is 31.1 Å². The number of rotatable bonds is 1. The van der Waals surface area contributed by atoms with Crippen molar-refractivity contribution in [3.8, 4) is 0 Å². The van der Waals surface area contributed by atoms with Crippen molar-refractivity contribution in [3.63, 3.8) is 0 Å². The first-order valence-electron chi connectivity index (χ1n) is 9.60. The molecule has 0 heterocycles. The molecule has 4 unspecified atom stereocenters. The van der Waals surface area contributed by atoms with Crippen LogP contribution in [0.3, 0.4) is 0 Å². The number of nitrogens with two attached hydrogens (primary N) is 2. The maximum Gasteiger partial charge on any atom is 0.394 e. The zero-order valence-corrected chi connectivity index (χ0v) is 15.5. The number of carbonyl (C=O) groups is 1. The SMILES string of the molecule is CC1CC2CC(C)(C(N)=O)CC(C(F)(F)F)(C1)C2.NC1CCCCC1. The van der Waals surface area contributed by atoms with Gasteiger partial charge in [-0.05, 0) is 56.8 Å². The van der Waals surface area contributed by atoms with Gasteiger partial charge in [-0.1, -0.05) is 33.1 Å². The number of hydrogen-bond donors (Lipinski definition) is 2. The van der Waals surface area contributed by atoms with Crippen molar-refractivity contribution in [2.75, 3.05) is 0 Å². The lowest BCUT2D eigenvalue weighted by molar-refractivity contribution is -0.265. The van der Waals surface area contributed by atoms with Gasteiger partial charge in [-0.3, -0.25) is 4.79 Å². The first kappa shape index (κ1) is 20.5. The number of hydrogen-bond acceptors (Lipinski definition) is 2. The van der Waals surface area contributed by atoms with E-state index in [9.17, 15) is 18.0 Å². The second-order valence-corrected chi connectivity index (χ2v) is 9.10. The first-order valence-corrected chi connectivity index (χ1v) is 9.60. The normalized spacial score (nSPS) is 39.3. The Morgan fingerprint density at radius 3 is 2.12 bits per heavy atom. The minimum atomic E-state index is -4.24. The van der Waals surface area contributed by atoms with Gasteiger partial charge in [0, 0.05) is 11.5 Å². The molecule has 3 fully saturated rings. The van der Waals surface area contributed by atoms with Crippen LogP contribution < -0.4 is 11.5 Å². The summed E-state index contributed by atoms with van der Waals surface area (Å²) >= 11 is 0. The molecule has 0 aromatic rings. The molecule has 4 N–H and O–H groups in total. The minimum absolute atomic E-state index is 0.0263. The van der Waals surface area contributed by atoms with Crippen LogP contribution in [-0.4, -0.2) is 18.1 Å². The van der Waals surface area contributed by atoms with E-state index < -0.39 is 22.9 Å². The molecular formula is C19H33F3N2O. The van der Waals surface area contributed by atoms with E-state index >= 15 is 0 Å². The van der Waals surface area contributed by atoms with Gasteiger partial charge in [-0.25, -0.2) is 0 Å². The molecule has 6 heteroatoms. The molecule has 0 spiro atoms. The molecule has 3 aliphatic rings. The number of alkyl halides is 3. The molecule has 3 rings (SSSR count). The third kappa shape index (κ3) is 4.69. The van der Waals surface area contributed by atoms with Crippen LogP contribution in [0.4, 0.5) is 13.2 Å². The topological polar surface area (TPSA) is 69.1 Å². The quantitative estimate of drug-likeness (QED) is 0.719. The minimum Gasteiger partial charge on any atom is -0.369 e. The fourth-order valence-corrected chi connectivity index (χ4v) is 5.45. The highest BCUT2D eigenvalue weighted by atomic mass is 19.4. The van der Waals surface area contributed by atoms with Crippen molar-refractivity contribution in [1.29, 1.82) is 0 Å². The van der Waals surface area contributed by atoms with Crippen LogP contribution >= 0.6 is 0 Å². The molecule has 0 aromatic carbocycles. The van der Waals surface area contributed by atoms with Gasteiger partial charge in [0.15, 0.2) is 0 Å². The molecule has 4 atom stereocenters. The molecule has 1 amide bonds. The van der Waals surface area contributed by atoms with Crippen LogP contribution in [0.5, 0.6) is 0 Å². The Kier molecular flexibility index (Phi) is 6.12. The summed E-state index contributed by atoms with van der Waals surface area (Å²) in [5.74, 6) is -0.542. The Hall–Kier alpha value is -0.780. The number of primary amides is 1. The van der Waals surface area contributed by atoms with E-state index in [0.29, 0.717) is 12.5 Å². The van der Waals surface area contributed by atoms with Crippen LogP contribution in [-0.2, 0) is 4.79 Å². The van der Waals surface area contributed by atoms with Gasteiger partial charge < -0.3 is 11.5 Å². The van der Waals surface area contributed by atoms with Crippen molar-refractivity contribution in [3.05, 3.63) is 0 Å². The standard InChI is InChI=1S/C13H20F3NO.C6H13N/c1-8-3-9-5-11(2,10(17)18)7-12(4-8,6-9)13(14,15)16;7-6-4-2-1-3-5-6/h8-9H,3-7H2,1-2H3,(H2,17,18);6H,1-5,7H2. The summed E-state index contributed by atoms with van der Waals surface area (Å²) < 4.78 is 40.3. The van der Waals surface area contributed by atoms with Crippen molar-refractivity contribution in [2.24, 2.45) is 34.1 Å². The maximum absolute atomic E-state index is 13.4. The van der Waals surface area contributed by atoms with Crippen molar-refractivity contribution < 1.29 is 18.0 Å². The number of amides is 1. The summed E-state index contributed by atoms with van der Waals surface area (Å²) in [6.07, 6.45) is 3.87. The predicted molar refractivity (Wildman–Crippen MR) is 92.6 cm³/mol. The Bertz CT molecular complexity index is 472. The van der Waals surface area contributed by atoms with Gasteiger partial charge in [0.2, 0.25) is 5.91 Å². The molecule has 25 heavy (non-hydrogen) atoms. The molecular weight excluding hydrogens is 329 g/mol. The summed E-state index contributed by atoms with van der Waals surface area (Å²) in [6, 6.07) is 0.536.